The van der Waals surface area contributed by atoms with Gasteiger partial charge in [-0.1, -0.05) is 55.3 Å². The van der Waals surface area contributed by atoms with E-state index in [0.29, 0.717) is 0 Å². The first-order chi connectivity index (χ1) is 8.20. The van der Waals surface area contributed by atoms with Gasteiger partial charge in [-0.3, -0.25) is 0 Å². The van der Waals surface area contributed by atoms with Gasteiger partial charge < -0.3 is 0 Å². The van der Waals surface area contributed by atoms with Gasteiger partial charge in [0.05, 0.1) is 0 Å². The lowest BCUT2D eigenvalue weighted by molar-refractivity contribution is 0.923. The van der Waals surface area contributed by atoms with Crippen LogP contribution in [0.1, 0.15) is 30.0 Å². The van der Waals surface area contributed by atoms with Crippen molar-refractivity contribution in [3.63, 3.8) is 0 Å². The minimum absolute atomic E-state index is 1.14. The highest BCUT2D eigenvalue weighted by atomic mass is 14.1. The molecule has 0 nitrogen and oxygen atoms in total. The quantitative estimate of drug-likeness (QED) is 0.706. The zero-order valence-electron chi connectivity index (χ0n) is 10.9. The summed E-state index contributed by atoms with van der Waals surface area (Å²) in [5.74, 6) is 0. The third-order valence-electron chi connectivity index (χ3n) is 2.97. The third-order valence-corrected chi connectivity index (χ3v) is 2.97. The number of hydrogen-bond acceptors (Lipinski definition) is 0. The molecule has 0 bridgehead atoms. The molecule has 0 aromatic heterocycles. The third kappa shape index (κ3) is 2.76. The highest BCUT2D eigenvalue weighted by molar-refractivity contribution is 5.68. The lowest BCUT2D eigenvalue weighted by Crippen LogP contribution is -1.90. The van der Waals surface area contributed by atoms with Crippen LogP contribution in [0.25, 0.3) is 11.1 Å². The van der Waals surface area contributed by atoms with Gasteiger partial charge in [-0.2, -0.15) is 0 Å². The molecule has 0 aliphatic rings. The highest BCUT2D eigenvalue weighted by Crippen LogP contribution is 2.26. The smallest absolute Gasteiger partial charge is 0.00669 e. The van der Waals surface area contributed by atoms with Crippen molar-refractivity contribution in [1.29, 1.82) is 0 Å². The summed E-state index contributed by atoms with van der Waals surface area (Å²) in [6.07, 6.45) is 2.32. The van der Waals surface area contributed by atoms with Crippen molar-refractivity contribution in [2.45, 2.75) is 33.6 Å². The van der Waals surface area contributed by atoms with E-state index < -0.39 is 0 Å². The Morgan fingerprint density at radius 1 is 1.06 bits per heavy atom. The second-order valence-corrected chi connectivity index (χ2v) is 4.66. The van der Waals surface area contributed by atoms with E-state index in [1.807, 2.05) is 0 Å². The standard InChI is InChI=1S/C17H19/c1-4-7-15-8-5-6-9-17(15)16-11-13(2)10-14(3)12-16/h5-6,8-11H,4,7H2,1-3H3. The summed E-state index contributed by atoms with van der Waals surface area (Å²) >= 11 is 0. The van der Waals surface area contributed by atoms with Crippen LogP contribution >= 0.6 is 0 Å². The van der Waals surface area contributed by atoms with Gasteiger partial charge in [-0.05, 0) is 48.6 Å². The van der Waals surface area contributed by atoms with Crippen molar-refractivity contribution >= 4 is 0 Å². The number of hydrogen-bond donors (Lipinski definition) is 0. The number of benzene rings is 2. The van der Waals surface area contributed by atoms with Gasteiger partial charge in [0.25, 0.3) is 0 Å². The Hall–Kier alpha value is -1.56. The molecule has 0 saturated carbocycles. The van der Waals surface area contributed by atoms with E-state index in [1.54, 1.807) is 0 Å². The van der Waals surface area contributed by atoms with Crippen molar-refractivity contribution in [2.24, 2.45) is 0 Å². The van der Waals surface area contributed by atoms with Crippen LogP contribution in [0.4, 0.5) is 0 Å². The van der Waals surface area contributed by atoms with Crippen LogP contribution in [0.2, 0.25) is 0 Å². The molecule has 87 valence electrons. The summed E-state index contributed by atoms with van der Waals surface area (Å²) in [6.45, 7) is 6.48. The second kappa shape index (κ2) is 5.18. The summed E-state index contributed by atoms with van der Waals surface area (Å²) in [4.78, 5) is 0. The van der Waals surface area contributed by atoms with Crippen LogP contribution < -0.4 is 0 Å². The molecule has 2 aromatic rings. The van der Waals surface area contributed by atoms with Crippen LogP contribution in [0, 0.1) is 19.9 Å². The van der Waals surface area contributed by atoms with Gasteiger partial charge in [0.15, 0.2) is 0 Å². The Balaban J connectivity index is 2.51. The molecule has 17 heavy (non-hydrogen) atoms. The Bertz CT molecular complexity index is 489. The maximum atomic E-state index is 3.46. The van der Waals surface area contributed by atoms with Gasteiger partial charge in [0.1, 0.15) is 0 Å². The zero-order chi connectivity index (χ0) is 12.3. The van der Waals surface area contributed by atoms with Crippen molar-refractivity contribution in [2.75, 3.05) is 0 Å². The molecule has 0 N–H and O–H groups in total. The summed E-state index contributed by atoms with van der Waals surface area (Å²) in [7, 11) is 0. The first-order valence-corrected chi connectivity index (χ1v) is 6.29. The molecule has 0 heterocycles. The van der Waals surface area contributed by atoms with E-state index in [2.05, 4.69) is 63.2 Å². The first kappa shape index (κ1) is 11.9. The van der Waals surface area contributed by atoms with Crippen molar-refractivity contribution in [3.8, 4) is 11.1 Å². The topological polar surface area (TPSA) is 0 Å². The fourth-order valence-electron chi connectivity index (χ4n) is 2.31. The van der Waals surface area contributed by atoms with E-state index in [-0.39, 0.29) is 0 Å². The number of rotatable bonds is 3. The Morgan fingerprint density at radius 2 is 1.82 bits per heavy atom. The minimum Gasteiger partial charge on any atom is -0.0651 e. The maximum Gasteiger partial charge on any atom is -0.00669 e. The molecule has 0 aliphatic carbocycles. The van der Waals surface area contributed by atoms with Crippen LogP contribution in [0.5, 0.6) is 0 Å². The molecule has 0 spiro atoms. The van der Waals surface area contributed by atoms with E-state index in [0.717, 1.165) is 6.42 Å². The molecule has 2 rings (SSSR count). The van der Waals surface area contributed by atoms with E-state index in [9.17, 15) is 0 Å². The lowest BCUT2D eigenvalue weighted by atomic mass is 9.95. The summed E-state index contributed by atoms with van der Waals surface area (Å²) < 4.78 is 0. The lowest BCUT2D eigenvalue weighted by Gasteiger charge is -2.10. The molecule has 2 aromatic carbocycles. The zero-order valence-corrected chi connectivity index (χ0v) is 10.9. The molecule has 1 radical (unpaired) electrons. The monoisotopic (exact) mass is 223 g/mol. The molecule has 0 atom stereocenters. The van der Waals surface area contributed by atoms with Crippen LogP contribution in [-0.4, -0.2) is 0 Å². The average molecular weight is 223 g/mol. The summed E-state index contributed by atoms with van der Waals surface area (Å²) in [6, 6.07) is 16.5. The Labute approximate surface area is 104 Å². The van der Waals surface area contributed by atoms with Crippen molar-refractivity contribution in [3.05, 3.63) is 59.2 Å². The second-order valence-electron chi connectivity index (χ2n) is 4.66. The maximum absolute atomic E-state index is 3.46. The van der Waals surface area contributed by atoms with Gasteiger partial charge in [-0.15, -0.1) is 0 Å². The van der Waals surface area contributed by atoms with Gasteiger partial charge in [0, 0.05) is 0 Å². The van der Waals surface area contributed by atoms with Crippen LogP contribution in [0.3, 0.4) is 0 Å². The van der Waals surface area contributed by atoms with Crippen molar-refractivity contribution < 1.29 is 0 Å². The molecular weight excluding hydrogens is 204 g/mol. The first-order valence-electron chi connectivity index (χ1n) is 6.29. The summed E-state index contributed by atoms with van der Waals surface area (Å²) in [5.41, 5.74) is 6.51. The van der Waals surface area contributed by atoms with Gasteiger partial charge >= 0.3 is 0 Å². The molecule has 0 aliphatic heterocycles. The molecule has 0 unspecified atom stereocenters. The molecule has 0 fully saturated rings. The largest absolute Gasteiger partial charge is 0.0651 e. The van der Waals surface area contributed by atoms with Gasteiger partial charge in [0.2, 0.25) is 0 Å². The molecule has 0 heteroatoms. The average Bonchev–Trinajstić information content (AvgIpc) is 2.29. The minimum atomic E-state index is 1.14. The molecule has 0 saturated heterocycles. The number of aryl methyl sites for hydroxylation is 3. The van der Waals surface area contributed by atoms with Crippen molar-refractivity contribution in [1.82, 2.24) is 0 Å². The van der Waals surface area contributed by atoms with E-state index in [1.165, 1.54) is 34.2 Å². The normalized spacial score (nSPS) is 10.5. The van der Waals surface area contributed by atoms with E-state index in [4.69, 9.17) is 0 Å². The van der Waals surface area contributed by atoms with Crippen LogP contribution in [0.15, 0.2) is 36.4 Å². The molecular formula is C17H19. The summed E-state index contributed by atoms with van der Waals surface area (Å²) in [5, 5.41) is 0. The fraction of sp³-hybridized carbons (Fsp3) is 0.294. The predicted molar refractivity (Wildman–Crippen MR) is 74.2 cm³/mol. The van der Waals surface area contributed by atoms with Gasteiger partial charge in [-0.25, -0.2) is 0 Å². The van der Waals surface area contributed by atoms with E-state index >= 15 is 0 Å². The highest BCUT2D eigenvalue weighted by Gasteiger charge is 2.05. The SMILES string of the molecule is CCCc1ccccc1-c1[c]c(C)cc(C)c1. The Morgan fingerprint density at radius 3 is 2.53 bits per heavy atom. The predicted octanol–water partition coefficient (Wildman–Crippen LogP) is 4.72. The molecule has 0 amide bonds. The van der Waals surface area contributed by atoms with Crippen LogP contribution in [-0.2, 0) is 6.42 Å². The Kier molecular flexibility index (Phi) is 3.63. The fourth-order valence-corrected chi connectivity index (χ4v) is 2.31.